The molecule has 0 fully saturated rings. The molecule has 1 atom stereocenters. The minimum atomic E-state index is -0.490. The predicted octanol–water partition coefficient (Wildman–Crippen LogP) is 2.68. The lowest BCUT2D eigenvalue weighted by Crippen LogP contribution is -2.20. The van der Waals surface area contributed by atoms with Gasteiger partial charge < -0.3 is 0 Å². The number of nitriles is 1. The van der Waals surface area contributed by atoms with Crippen LogP contribution in [0.25, 0.3) is 10.9 Å². The largest absolute Gasteiger partial charge is 0.287 e. The monoisotopic (exact) mass is 255 g/mol. The zero-order valence-electron chi connectivity index (χ0n) is 9.52. The van der Waals surface area contributed by atoms with E-state index in [0.29, 0.717) is 11.6 Å². The highest BCUT2D eigenvalue weighted by atomic mass is 35.5. The highest BCUT2D eigenvalue weighted by Gasteiger charge is 2.14. The van der Waals surface area contributed by atoms with Gasteiger partial charge >= 0.3 is 0 Å². The second kappa shape index (κ2) is 5.51. The Hall–Kier alpha value is -2.07. The van der Waals surface area contributed by atoms with Gasteiger partial charge in [-0.25, -0.2) is 0 Å². The Balaban J connectivity index is 2.55. The van der Waals surface area contributed by atoms with E-state index in [2.05, 4.69) is 22.3 Å². The molecule has 2 rings (SSSR count). The molecule has 0 saturated heterocycles. The van der Waals surface area contributed by atoms with Crippen molar-refractivity contribution in [2.75, 3.05) is 6.54 Å². The molecule has 4 heteroatoms. The molecule has 1 heterocycles. The van der Waals surface area contributed by atoms with E-state index >= 15 is 0 Å². The summed E-state index contributed by atoms with van der Waals surface area (Å²) >= 11 is 6.11. The van der Waals surface area contributed by atoms with E-state index in [-0.39, 0.29) is 0 Å². The Morgan fingerprint density at radius 2 is 2.28 bits per heavy atom. The van der Waals surface area contributed by atoms with Crippen LogP contribution in [-0.2, 0) is 0 Å². The molecular weight excluding hydrogens is 246 g/mol. The zero-order valence-corrected chi connectivity index (χ0v) is 10.3. The summed E-state index contributed by atoms with van der Waals surface area (Å²) < 4.78 is 0. The van der Waals surface area contributed by atoms with E-state index in [4.69, 9.17) is 18.0 Å². The molecular formula is C14H10ClN3. The summed E-state index contributed by atoms with van der Waals surface area (Å²) in [4.78, 5) is 4.29. The van der Waals surface area contributed by atoms with Gasteiger partial charge in [0, 0.05) is 22.2 Å². The van der Waals surface area contributed by atoms with Gasteiger partial charge in [0.15, 0.2) is 0 Å². The normalized spacial score (nSPS) is 11.7. The smallest absolute Gasteiger partial charge is 0.124 e. The van der Waals surface area contributed by atoms with Crippen molar-refractivity contribution in [3.05, 3.63) is 41.0 Å². The van der Waals surface area contributed by atoms with Crippen molar-refractivity contribution in [2.24, 2.45) is 0 Å². The third-order valence-corrected chi connectivity index (χ3v) is 2.93. The SMILES string of the molecule is C#CCNC(C#N)c1ccc(Cl)c2cccnc12. The maximum Gasteiger partial charge on any atom is 0.124 e. The number of fused-ring (bicyclic) bond motifs is 1. The van der Waals surface area contributed by atoms with Crippen LogP contribution in [0.5, 0.6) is 0 Å². The molecule has 0 bridgehead atoms. The number of rotatable bonds is 3. The van der Waals surface area contributed by atoms with Gasteiger partial charge in [-0.3, -0.25) is 10.3 Å². The van der Waals surface area contributed by atoms with Gasteiger partial charge in [0.05, 0.1) is 18.1 Å². The van der Waals surface area contributed by atoms with Gasteiger partial charge in [-0.1, -0.05) is 23.6 Å². The van der Waals surface area contributed by atoms with E-state index in [1.165, 1.54) is 0 Å². The second-order valence-electron chi connectivity index (χ2n) is 3.68. The molecule has 0 saturated carbocycles. The molecule has 2 aromatic rings. The van der Waals surface area contributed by atoms with Gasteiger partial charge in [-0.05, 0) is 18.2 Å². The van der Waals surface area contributed by atoms with Crippen molar-refractivity contribution in [3.63, 3.8) is 0 Å². The molecule has 0 amide bonds. The Morgan fingerprint density at radius 3 is 3.00 bits per heavy atom. The Bertz CT molecular complexity index is 652. The molecule has 3 nitrogen and oxygen atoms in total. The van der Waals surface area contributed by atoms with E-state index in [9.17, 15) is 5.26 Å². The van der Waals surface area contributed by atoms with Gasteiger partial charge in [0.1, 0.15) is 6.04 Å². The van der Waals surface area contributed by atoms with Crippen LogP contribution in [0, 0.1) is 23.7 Å². The standard InChI is InChI=1S/C14H10ClN3/c1-2-7-17-13(9-16)11-5-6-12(15)10-4-3-8-18-14(10)11/h1,3-6,8,13,17H,7H2. The van der Waals surface area contributed by atoms with E-state index < -0.39 is 6.04 Å². The number of aromatic nitrogens is 1. The molecule has 0 spiro atoms. The lowest BCUT2D eigenvalue weighted by Gasteiger charge is -2.12. The highest BCUT2D eigenvalue weighted by Crippen LogP contribution is 2.28. The molecule has 1 aromatic carbocycles. The fourth-order valence-corrected chi connectivity index (χ4v) is 1.99. The number of halogens is 1. The molecule has 0 radical (unpaired) electrons. The summed E-state index contributed by atoms with van der Waals surface area (Å²) in [5.41, 5.74) is 1.51. The molecule has 1 N–H and O–H groups in total. The lowest BCUT2D eigenvalue weighted by atomic mass is 10.0. The van der Waals surface area contributed by atoms with Crippen LogP contribution in [0.15, 0.2) is 30.5 Å². The first-order valence-corrected chi connectivity index (χ1v) is 5.75. The van der Waals surface area contributed by atoms with Gasteiger partial charge in [0.25, 0.3) is 0 Å². The van der Waals surface area contributed by atoms with E-state index in [1.54, 1.807) is 18.3 Å². The topological polar surface area (TPSA) is 48.7 Å². The third-order valence-electron chi connectivity index (χ3n) is 2.60. The molecule has 0 aliphatic heterocycles. The fraction of sp³-hybridized carbons (Fsp3) is 0.143. The minimum Gasteiger partial charge on any atom is -0.287 e. The van der Waals surface area contributed by atoms with Crippen molar-refractivity contribution in [2.45, 2.75) is 6.04 Å². The van der Waals surface area contributed by atoms with E-state index in [1.807, 2.05) is 12.1 Å². The maximum absolute atomic E-state index is 9.19. The van der Waals surface area contributed by atoms with Crippen LogP contribution in [-0.4, -0.2) is 11.5 Å². The molecule has 88 valence electrons. The second-order valence-corrected chi connectivity index (χ2v) is 4.09. The summed E-state index contributed by atoms with van der Waals surface area (Å²) in [7, 11) is 0. The molecule has 1 aromatic heterocycles. The Labute approximate surface area is 110 Å². The van der Waals surface area contributed by atoms with Crippen LogP contribution in [0.4, 0.5) is 0 Å². The van der Waals surface area contributed by atoms with Crippen molar-refractivity contribution < 1.29 is 0 Å². The number of nitrogens with one attached hydrogen (secondary N) is 1. The molecule has 0 aliphatic rings. The fourth-order valence-electron chi connectivity index (χ4n) is 1.78. The van der Waals surface area contributed by atoms with Crippen LogP contribution >= 0.6 is 11.6 Å². The molecule has 0 aliphatic carbocycles. The molecule has 18 heavy (non-hydrogen) atoms. The number of nitrogens with zero attached hydrogens (tertiary/aromatic N) is 2. The average molecular weight is 256 g/mol. The summed E-state index contributed by atoms with van der Waals surface area (Å²) in [6.07, 6.45) is 6.87. The number of benzene rings is 1. The number of hydrogen-bond donors (Lipinski definition) is 1. The summed E-state index contributed by atoms with van der Waals surface area (Å²) in [6.45, 7) is 0.329. The maximum atomic E-state index is 9.19. The van der Waals surface area contributed by atoms with Gasteiger partial charge in [0.2, 0.25) is 0 Å². The van der Waals surface area contributed by atoms with Crippen LogP contribution in [0.1, 0.15) is 11.6 Å². The molecule has 1 unspecified atom stereocenters. The van der Waals surface area contributed by atoms with E-state index in [0.717, 1.165) is 16.5 Å². The first kappa shape index (κ1) is 12.4. The van der Waals surface area contributed by atoms with Crippen LogP contribution in [0.3, 0.4) is 0 Å². The first-order chi connectivity index (χ1) is 8.77. The Kier molecular flexibility index (Phi) is 3.79. The van der Waals surface area contributed by atoms with Crippen molar-refractivity contribution in [1.29, 1.82) is 5.26 Å². The van der Waals surface area contributed by atoms with Gasteiger partial charge in [-0.2, -0.15) is 5.26 Å². The predicted molar refractivity (Wildman–Crippen MR) is 71.9 cm³/mol. The first-order valence-electron chi connectivity index (χ1n) is 5.37. The zero-order chi connectivity index (χ0) is 13.0. The minimum absolute atomic E-state index is 0.329. The summed E-state index contributed by atoms with van der Waals surface area (Å²) in [6, 6.07) is 8.94. The lowest BCUT2D eigenvalue weighted by molar-refractivity contribution is 0.694. The summed E-state index contributed by atoms with van der Waals surface area (Å²) in [5, 5.41) is 13.6. The highest BCUT2D eigenvalue weighted by molar-refractivity contribution is 6.35. The van der Waals surface area contributed by atoms with Gasteiger partial charge in [-0.15, -0.1) is 6.42 Å². The van der Waals surface area contributed by atoms with Crippen molar-refractivity contribution in [3.8, 4) is 18.4 Å². The van der Waals surface area contributed by atoms with Crippen LogP contribution in [0.2, 0.25) is 5.02 Å². The van der Waals surface area contributed by atoms with Crippen molar-refractivity contribution >= 4 is 22.5 Å². The Morgan fingerprint density at radius 1 is 1.44 bits per heavy atom. The number of hydrogen-bond acceptors (Lipinski definition) is 3. The average Bonchev–Trinajstić information content (AvgIpc) is 2.42. The van der Waals surface area contributed by atoms with Crippen LogP contribution < -0.4 is 5.32 Å². The summed E-state index contributed by atoms with van der Waals surface area (Å²) in [5.74, 6) is 2.45. The quantitative estimate of drug-likeness (QED) is 0.858. The number of terminal acetylenes is 1. The number of pyridine rings is 1. The van der Waals surface area contributed by atoms with Crippen molar-refractivity contribution in [1.82, 2.24) is 10.3 Å². The third kappa shape index (κ3) is 2.28.